The lowest BCUT2D eigenvalue weighted by Crippen LogP contribution is -2.31. The number of phenolic OH excluding ortho intramolecular Hbond substituents is 2. The van der Waals surface area contributed by atoms with Gasteiger partial charge in [-0.3, -0.25) is 4.79 Å². The van der Waals surface area contributed by atoms with Crippen LogP contribution >= 0.6 is 15.9 Å². The van der Waals surface area contributed by atoms with Crippen LogP contribution in [0.3, 0.4) is 0 Å². The number of benzene rings is 1. The second-order valence-electron chi connectivity index (χ2n) is 3.63. The minimum atomic E-state index is -0.271. The van der Waals surface area contributed by atoms with Gasteiger partial charge in [-0.15, -0.1) is 0 Å². The maximum atomic E-state index is 12.1. The molecule has 0 aliphatic rings. The molecule has 4 nitrogen and oxygen atoms in total. The standard InChI is InChI=1S/C12H16BrNO3/c1-2-14(7-3-6-13)12(17)9-4-5-10(15)11(16)8-9/h4-5,8,15-16H,2-3,6-7H2,1H3. The summed E-state index contributed by atoms with van der Waals surface area (Å²) >= 11 is 3.32. The fraction of sp³-hybridized carbons (Fsp3) is 0.417. The first kappa shape index (κ1) is 13.8. The first-order chi connectivity index (χ1) is 8.10. The number of rotatable bonds is 5. The van der Waals surface area contributed by atoms with Gasteiger partial charge in [-0.25, -0.2) is 0 Å². The van der Waals surface area contributed by atoms with Gasteiger partial charge in [0.2, 0.25) is 0 Å². The fourth-order valence-electron chi connectivity index (χ4n) is 1.49. The van der Waals surface area contributed by atoms with E-state index in [4.69, 9.17) is 0 Å². The van der Waals surface area contributed by atoms with Crippen LogP contribution in [0, 0.1) is 0 Å². The molecule has 1 aromatic carbocycles. The number of amides is 1. The molecule has 0 atom stereocenters. The lowest BCUT2D eigenvalue weighted by atomic mass is 10.1. The van der Waals surface area contributed by atoms with Crippen LogP contribution in [0.1, 0.15) is 23.7 Å². The molecule has 0 radical (unpaired) electrons. The number of carbonyl (C=O) groups excluding carboxylic acids is 1. The molecule has 0 aromatic heterocycles. The van der Waals surface area contributed by atoms with Gasteiger partial charge in [-0.05, 0) is 31.5 Å². The van der Waals surface area contributed by atoms with E-state index in [1.165, 1.54) is 18.2 Å². The Bertz CT molecular complexity index is 395. The Morgan fingerprint density at radius 1 is 1.35 bits per heavy atom. The van der Waals surface area contributed by atoms with Crippen LogP contribution < -0.4 is 0 Å². The molecule has 0 aliphatic carbocycles. The molecule has 1 amide bonds. The smallest absolute Gasteiger partial charge is 0.253 e. The summed E-state index contributed by atoms with van der Waals surface area (Å²) in [4.78, 5) is 13.8. The number of hydrogen-bond acceptors (Lipinski definition) is 3. The zero-order valence-electron chi connectivity index (χ0n) is 9.69. The van der Waals surface area contributed by atoms with E-state index in [2.05, 4.69) is 15.9 Å². The van der Waals surface area contributed by atoms with Gasteiger partial charge in [0.15, 0.2) is 11.5 Å². The number of carbonyl (C=O) groups is 1. The average Bonchev–Trinajstić information content (AvgIpc) is 2.33. The molecule has 0 saturated heterocycles. The summed E-state index contributed by atoms with van der Waals surface area (Å²) in [5, 5.41) is 19.4. The molecule has 0 bridgehead atoms. The van der Waals surface area contributed by atoms with Crippen molar-refractivity contribution in [2.24, 2.45) is 0 Å². The number of aromatic hydroxyl groups is 2. The fourth-order valence-corrected chi connectivity index (χ4v) is 1.74. The minimum absolute atomic E-state index is 0.135. The molecule has 17 heavy (non-hydrogen) atoms. The van der Waals surface area contributed by atoms with E-state index < -0.39 is 0 Å². The molecule has 94 valence electrons. The molecule has 1 aromatic rings. The van der Waals surface area contributed by atoms with Crippen molar-refractivity contribution in [2.75, 3.05) is 18.4 Å². The number of halogens is 1. The molecule has 0 fully saturated rings. The van der Waals surface area contributed by atoms with Crippen molar-refractivity contribution in [1.29, 1.82) is 0 Å². The van der Waals surface area contributed by atoms with E-state index in [0.717, 1.165) is 11.8 Å². The van der Waals surface area contributed by atoms with Crippen LogP contribution in [0.4, 0.5) is 0 Å². The average molecular weight is 302 g/mol. The summed E-state index contributed by atoms with van der Waals surface area (Å²) in [6.45, 7) is 3.20. The van der Waals surface area contributed by atoms with Crippen molar-refractivity contribution in [3.05, 3.63) is 23.8 Å². The molecule has 0 unspecified atom stereocenters. The Balaban J connectivity index is 2.82. The van der Waals surface area contributed by atoms with Gasteiger partial charge in [0, 0.05) is 24.0 Å². The van der Waals surface area contributed by atoms with E-state index in [-0.39, 0.29) is 17.4 Å². The van der Waals surface area contributed by atoms with Crippen molar-refractivity contribution in [2.45, 2.75) is 13.3 Å². The summed E-state index contributed by atoms with van der Waals surface area (Å²) in [5.41, 5.74) is 0.386. The molecule has 0 saturated carbocycles. The van der Waals surface area contributed by atoms with Crippen LogP contribution in [0.2, 0.25) is 0 Å². The van der Waals surface area contributed by atoms with Crippen LogP contribution in [0.25, 0.3) is 0 Å². The number of phenols is 2. The lowest BCUT2D eigenvalue weighted by Gasteiger charge is -2.20. The van der Waals surface area contributed by atoms with Gasteiger partial charge in [0.25, 0.3) is 5.91 Å². The maximum Gasteiger partial charge on any atom is 0.253 e. The highest BCUT2D eigenvalue weighted by atomic mass is 79.9. The molecule has 1 rings (SSSR count). The number of alkyl halides is 1. The van der Waals surface area contributed by atoms with Gasteiger partial charge in [-0.1, -0.05) is 15.9 Å². The Hall–Kier alpha value is -1.23. The maximum absolute atomic E-state index is 12.1. The molecule has 0 heterocycles. The molecule has 5 heteroatoms. The van der Waals surface area contributed by atoms with Crippen LogP contribution in [0.5, 0.6) is 11.5 Å². The van der Waals surface area contributed by atoms with E-state index in [9.17, 15) is 15.0 Å². The predicted molar refractivity (Wildman–Crippen MR) is 69.8 cm³/mol. The highest BCUT2D eigenvalue weighted by Gasteiger charge is 2.15. The van der Waals surface area contributed by atoms with Gasteiger partial charge >= 0.3 is 0 Å². The minimum Gasteiger partial charge on any atom is -0.504 e. The van der Waals surface area contributed by atoms with Gasteiger partial charge in [0.05, 0.1) is 0 Å². The molecule has 0 aliphatic heterocycles. The second-order valence-corrected chi connectivity index (χ2v) is 4.42. The third-order valence-corrected chi connectivity index (χ3v) is 3.01. The molecular weight excluding hydrogens is 286 g/mol. The van der Waals surface area contributed by atoms with Crippen molar-refractivity contribution in [1.82, 2.24) is 4.90 Å². The van der Waals surface area contributed by atoms with Crippen molar-refractivity contribution in [3.63, 3.8) is 0 Å². The van der Waals surface area contributed by atoms with E-state index >= 15 is 0 Å². The van der Waals surface area contributed by atoms with Gasteiger partial charge < -0.3 is 15.1 Å². The highest BCUT2D eigenvalue weighted by Crippen LogP contribution is 2.25. The highest BCUT2D eigenvalue weighted by molar-refractivity contribution is 9.09. The molecule has 2 N–H and O–H groups in total. The molecule has 0 spiro atoms. The van der Waals surface area contributed by atoms with Crippen LogP contribution in [-0.2, 0) is 0 Å². The largest absolute Gasteiger partial charge is 0.504 e. The Labute approximate surface area is 109 Å². The normalized spacial score (nSPS) is 10.2. The SMILES string of the molecule is CCN(CCCBr)C(=O)c1ccc(O)c(O)c1. The zero-order chi connectivity index (χ0) is 12.8. The van der Waals surface area contributed by atoms with Gasteiger partial charge in [-0.2, -0.15) is 0 Å². The second kappa shape index (κ2) is 6.49. The Kier molecular flexibility index (Phi) is 5.28. The predicted octanol–water partition coefficient (Wildman–Crippen LogP) is 2.34. The van der Waals surface area contributed by atoms with Gasteiger partial charge in [0.1, 0.15) is 0 Å². The summed E-state index contributed by atoms with van der Waals surface area (Å²) in [6.07, 6.45) is 0.879. The third-order valence-electron chi connectivity index (χ3n) is 2.45. The monoisotopic (exact) mass is 301 g/mol. The van der Waals surface area contributed by atoms with E-state index in [1.807, 2.05) is 6.92 Å². The third kappa shape index (κ3) is 3.63. The van der Waals surface area contributed by atoms with E-state index in [1.54, 1.807) is 4.90 Å². The Morgan fingerprint density at radius 2 is 2.06 bits per heavy atom. The number of nitrogens with zero attached hydrogens (tertiary/aromatic N) is 1. The number of hydrogen-bond donors (Lipinski definition) is 2. The Morgan fingerprint density at radius 3 is 2.59 bits per heavy atom. The molecular formula is C12H16BrNO3. The summed E-state index contributed by atoms with van der Waals surface area (Å²) in [7, 11) is 0. The summed E-state index contributed by atoms with van der Waals surface area (Å²) < 4.78 is 0. The van der Waals surface area contributed by atoms with Crippen molar-refractivity contribution in [3.8, 4) is 11.5 Å². The topological polar surface area (TPSA) is 60.8 Å². The quantitative estimate of drug-likeness (QED) is 0.648. The summed E-state index contributed by atoms with van der Waals surface area (Å²) in [5.74, 6) is -0.624. The van der Waals surface area contributed by atoms with Crippen LogP contribution in [-0.4, -0.2) is 39.4 Å². The lowest BCUT2D eigenvalue weighted by molar-refractivity contribution is 0.0764. The first-order valence-corrected chi connectivity index (χ1v) is 6.59. The first-order valence-electron chi connectivity index (χ1n) is 5.47. The van der Waals surface area contributed by atoms with Crippen molar-refractivity contribution < 1.29 is 15.0 Å². The summed E-state index contributed by atoms with van der Waals surface area (Å²) in [6, 6.07) is 4.11. The van der Waals surface area contributed by atoms with Crippen LogP contribution in [0.15, 0.2) is 18.2 Å². The van der Waals surface area contributed by atoms with E-state index in [0.29, 0.717) is 18.7 Å². The zero-order valence-corrected chi connectivity index (χ0v) is 11.3. The van der Waals surface area contributed by atoms with Crippen molar-refractivity contribution >= 4 is 21.8 Å².